The van der Waals surface area contributed by atoms with Crippen LogP contribution in [0.4, 0.5) is 5.82 Å². The molecule has 8 heteroatoms. The summed E-state index contributed by atoms with van der Waals surface area (Å²) in [5, 5.41) is 1.85. The third-order valence-corrected chi connectivity index (χ3v) is 6.99. The van der Waals surface area contributed by atoms with E-state index in [2.05, 4.69) is 27.9 Å². The Morgan fingerprint density at radius 3 is 3.04 bits per heavy atom. The van der Waals surface area contributed by atoms with E-state index in [9.17, 15) is 0 Å². The quantitative estimate of drug-likeness (QED) is 0.637. The van der Waals surface area contributed by atoms with Gasteiger partial charge in [-0.2, -0.15) is 11.8 Å². The monoisotopic (exact) mass is 415 g/mol. The van der Waals surface area contributed by atoms with Gasteiger partial charge in [-0.3, -0.25) is 0 Å². The zero-order valence-electron chi connectivity index (χ0n) is 15.7. The molecule has 2 atom stereocenters. The highest BCUT2D eigenvalue weighted by molar-refractivity contribution is 7.99. The van der Waals surface area contributed by atoms with Crippen LogP contribution in [-0.2, 0) is 4.74 Å². The highest BCUT2D eigenvalue weighted by Crippen LogP contribution is 2.41. The minimum Gasteiger partial charge on any atom is -0.377 e. The third-order valence-electron chi connectivity index (χ3n) is 5.39. The van der Waals surface area contributed by atoms with E-state index < -0.39 is 0 Å². The fraction of sp³-hybridized carbons (Fsp3) is 0.450. The number of rotatable bonds is 3. The number of nitrogens with one attached hydrogen (secondary N) is 1. The van der Waals surface area contributed by atoms with E-state index in [0.717, 1.165) is 54.3 Å². The molecule has 28 heavy (non-hydrogen) atoms. The second-order valence-corrected chi connectivity index (χ2v) is 9.02. The Morgan fingerprint density at radius 1 is 1.29 bits per heavy atom. The lowest BCUT2D eigenvalue weighted by Gasteiger charge is -2.34. The molecule has 2 aliphatic rings. The number of hydrogen-bond acceptors (Lipinski definition) is 6. The lowest BCUT2D eigenvalue weighted by molar-refractivity contribution is 0.0985. The minimum atomic E-state index is 0.286. The molecule has 3 aromatic rings. The molecule has 5 heterocycles. The molecule has 0 spiro atoms. The Morgan fingerprint density at radius 2 is 2.21 bits per heavy atom. The van der Waals surface area contributed by atoms with Crippen LogP contribution in [-0.4, -0.2) is 51.5 Å². The van der Waals surface area contributed by atoms with E-state index >= 15 is 0 Å². The first-order valence-corrected chi connectivity index (χ1v) is 11.1. The number of anilines is 1. The molecule has 0 aromatic carbocycles. The molecule has 2 unspecified atom stereocenters. The first kappa shape index (κ1) is 18.2. The molecule has 0 saturated carbocycles. The van der Waals surface area contributed by atoms with Gasteiger partial charge < -0.3 is 14.6 Å². The molecular formula is C20H22ClN5OS. The van der Waals surface area contributed by atoms with Crippen molar-refractivity contribution in [3.8, 4) is 11.4 Å². The largest absolute Gasteiger partial charge is 0.377 e. The number of aromatic amines is 1. The van der Waals surface area contributed by atoms with E-state index in [1.54, 1.807) is 0 Å². The van der Waals surface area contributed by atoms with E-state index in [1.807, 2.05) is 30.1 Å². The van der Waals surface area contributed by atoms with Gasteiger partial charge in [-0.25, -0.2) is 15.0 Å². The summed E-state index contributed by atoms with van der Waals surface area (Å²) in [6.07, 6.45) is 4.27. The topological polar surface area (TPSA) is 66.9 Å². The predicted octanol–water partition coefficient (Wildman–Crippen LogP) is 4.47. The number of morpholine rings is 1. The van der Waals surface area contributed by atoms with Gasteiger partial charge in [0.2, 0.25) is 0 Å². The number of thioether (sulfide) groups is 1. The number of pyridine rings is 1. The van der Waals surface area contributed by atoms with Crippen LogP contribution in [0.3, 0.4) is 0 Å². The molecule has 2 saturated heterocycles. The van der Waals surface area contributed by atoms with Crippen molar-refractivity contribution in [3.63, 3.8) is 0 Å². The molecule has 2 aliphatic heterocycles. The number of nitrogens with zero attached hydrogens (tertiary/aromatic N) is 4. The van der Waals surface area contributed by atoms with Crippen LogP contribution in [0.2, 0.25) is 5.15 Å². The van der Waals surface area contributed by atoms with Crippen molar-refractivity contribution in [2.75, 3.05) is 30.4 Å². The first-order chi connectivity index (χ1) is 13.7. The maximum Gasteiger partial charge on any atom is 0.162 e. The van der Waals surface area contributed by atoms with Crippen molar-refractivity contribution in [1.82, 2.24) is 19.9 Å². The van der Waals surface area contributed by atoms with Gasteiger partial charge in [0, 0.05) is 35.0 Å². The Kier molecular flexibility index (Phi) is 4.90. The Bertz CT molecular complexity index is 1000. The molecule has 6 nitrogen and oxygen atoms in total. The van der Waals surface area contributed by atoms with Gasteiger partial charge >= 0.3 is 0 Å². The molecule has 5 rings (SSSR count). The van der Waals surface area contributed by atoms with Crippen LogP contribution >= 0.6 is 23.4 Å². The second-order valence-electron chi connectivity index (χ2n) is 7.33. The van der Waals surface area contributed by atoms with Gasteiger partial charge in [-0.1, -0.05) is 11.6 Å². The molecule has 1 N–H and O–H groups in total. The predicted molar refractivity (Wildman–Crippen MR) is 114 cm³/mol. The van der Waals surface area contributed by atoms with Gasteiger partial charge in [0.05, 0.1) is 24.9 Å². The SMILES string of the molecule is CC1COCCN1c1cc(C2CCCS2)nc(-c2cc(Cl)nc3[nH]ccc23)n1. The first-order valence-electron chi connectivity index (χ1n) is 9.68. The minimum absolute atomic E-state index is 0.286. The van der Waals surface area contributed by atoms with Crippen molar-refractivity contribution in [3.05, 3.63) is 35.2 Å². The number of hydrogen-bond donors (Lipinski definition) is 1. The Hall–Kier alpha value is -1.83. The number of H-pyrrole nitrogens is 1. The maximum absolute atomic E-state index is 6.29. The number of fused-ring (bicyclic) bond motifs is 1. The fourth-order valence-corrected chi connectivity index (χ4v) is 5.39. The normalized spacial score (nSPS) is 22.9. The van der Waals surface area contributed by atoms with E-state index in [4.69, 9.17) is 26.3 Å². The summed E-state index contributed by atoms with van der Waals surface area (Å²) in [4.78, 5) is 19.8. The summed E-state index contributed by atoms with van der Waals surface area (Å²) in [7, 11) is 0. The zero-order chi connectivity index (χ0) is 19.1. The van der Waals surface area contributed by atoms with Crippen LogP contribution in [0, 0.1) is 0 Å². The van der Waals surface area contributed by atoms with E-state index in [1.165, 1.54) is 12.2 Å². The molecule has 0 aliphatic carbocycles. The Labute approximate surface area is 173 Å². The summed E-state index contributed by atoms with van der Waals surface area (Å²) < 4.78 is 5.62. The van der Waals surface area contributed by atoms with Crippen molar-refractivity contribution in [2.45, 2.75) is 31.1 Å². The standard InChI is InChI=1S/C20H22ClN5OS/c1-12-11-27-7-6-26(12)18-10-15(16-3-2-8-28-16)23-20(25-18)14-9-17(21)24-19-13(14)4-5-22-19/h4-5,9-10,12,16H,2-3,6-8,11H2,1H3,(H,22,24). The zero-order valence-corrected chi connectivity index (χ0v) is 17.3. The van der Waals surface area contributed by atoms with E-state index in [-0.39, 0.29) is 6.04 Å². The highest BCUT2D eigenvalue weighted by Gasteiger charge is 2.26. The molecule has 0 radical (unpaired) electrons. The fourth-order valence-electron chi connectivity index (χ4n) is 3.95. The second kappa shape index (κ2) is 7.54. The molecular weight excluding hydrogens is 394 g/mol. The van der Waals surface area contributed by atoms with Crippen molar-refractivity contribution in [2.24, 2.45) is 0 Å². The Balaban J connectivity index is 1.66. The van der Waals surface area contributed by atoms with Gasteiger partial charge in [0.25, 0.3) is 0 Å². The lowest BCUT2D eigenvalue weighted by Crippen LogP contribution is -2.44. The van der Waals surface area contributed by atoms with Crippen molar-refractivity contribution >= 4 is 40.2 Å². The van der Waals surface area contributed by atoms with Crippen LogP contribution in [0.25, 0.3) is 22.4 Å². The van der Waals surface area contributed by atoms with Crippen LogP contribution < -0.4 is 4.90 Å². The third kappa shape index (κ3) is 3.36. The summed E-state index contributed by atoms with van der Waals surface area (Å²) in [5.74, 6) is 2.88. The molecule has 2 fully saturated rings. The molecule has 0 amide bonds. The molecule has 0 bridgehead atoms. The average molecular weight is 416 g/mol. The van der Waals surface area contributed by atoms with Gasteiger partial charge in [0.1, 0.15) is 16.6 Å². The summed E-state index contributed by atoms with van der Waals surface area (Å²) >= 11 is 8.28. The van der Waals surface area contributed by atoms with E-state index in [0.29, 0.717) is 16.2 Å². The molecule has 146 valence electrons. The van der Waals surface area contributed by atoms with Gasteiger partial charge in [-0.15, -0.1) is 0 Å². The summed E-state index contributed by atoms with van der Waals surface area (Å²) in [6.45, 7) is 4.46. The summed E-state index contributed by atoms with van der Waals surface area (Å²) in [6, 6.07) is 6.33. The van der Waals surface area contributed by atoms with Crippen LogP contribution in [0.5, 0.6) is 0 Å². The van der Waals surface area contributed by atoms with Crippen LogP contribution in [0.1, 0.15) is 30.7 Å². The molecule has 3 aromatic heterocycles. The van der Waals surface area contributed by atoms with Gasteiger partial charge in [-0.05, 0) is 37.7 Å². The highest BCUT2D eigenvalue weighted by atomic mass is 35.5. The maximum atomic E-state index is 6.29. The summed E-state index contributed by atoms with van der Waals surface area (Å²) in [5.41, 5.74) is 2.79. The van der Waals surface area contributed by atoms with Gasteiger partial charge in [0.15, 0.2) is 5.82 Å². The van der Waals surface area contributed by atoms with Crippen molar-refractivity contribution in [1.29, 1.82) is 0 Å². The lowest BCUT2D eigenvalue weighted by atomic mass is 10.1. The number of aromatic nitrogens is 4. The van der Waals surface area contributed by atoms with Crippen LogP contribution in [0.15, 0.2) is 24.4 Å². The smallest absolute Gasteiger partial charge is 0.162 e. The van der Waals surface area contributed by atoms with Crippen molar-refractivity contribution < 1.29 is 4.74 Å². The average Bonchev–Trinajstić information content (AvgIpc) is 3.39. The number of halogens is 1. The number of ether oxygens (including phenoxy) is 1.